The largest absolute Gasteiger partial charge is 0.504 e. The first-order valence-electron chi connectivity index (χ1n) is 10.4. The average molecular weight is 460 g/mol. The Kier molecular flexibility index (Phi) is 6.73. The minimum Gasteiger partial charge on any atom is -0.504 e. The van der Waals surface area contributed by atoms with Gasteiger partial charge in [-0.1, -0.05) is 30.4 Å². The van der Waals surface area contributed by atoms with Crippen molar-refractivity contribution < 1.29 is 23.4 Å². The molecule has 34 heavy (non-hydrogen) atoms. The van der Waals surface area contributed by atoms with Gasteiger partial charge in [0.15, 0.2) is 11.5 Å². The number of aromatic nitrogens is 2. The van der Waals surface area contributed by atoms with Gasteiger partial charge in [-0.25, -0.2) is 13.5 Å². The van der Waals surface area contributed by atoms with E-state index in [0.29, 0.717) is 17.1 Å². The Balaban J connectivity index is 1.73. The molecule has 0 bridgehead atoms. The van der Waals surface area contributed by atoms with Gasteiger partial charge in [-0.2, -0.15) is 5.10 Å². The van der Waals surface area contributed by atoms with Gasteiger partial charge in [0.2, 0.25) is 0 Å². The number of hydrogen-bond acceptors (Lipinski definition) is 4. The Morgan fingerprint density at radius 3 is 2.26 bits per heavy atom. The summed E-state index contributed by atoms with van der Waals surface area (Å²) in [6.45, 7) is 0. The summed E-state index contributed by atoms with van der Waals surface area (Å²) in [5.41, 5.74) is 3.12. The standard InChI is InChI=1S/C27H22F2N2O3/c1-33-25-5-3-4-18(12-25)6-9-22-17-23(10-7-19-8-11-26(32)27(13-19)34-2)31(30-22)24-15-20(28)14-21(29)16-24/h3-17,32H,1-2H3/b9-6+,10-7+. The molecule has 7 heteroatoms. The number of methoxy groups -OCH3 is 2. The first-order chi connectivity index (χ1) is 16.4. The lowest BCUT2D eigenvalue weighted by atomic mass is 10.1. The van der Waals surface area contributed by atoms with Gasteiger partial charge in [0.1, 0.15) is 17.4 Å². The summed E-state index contributed by atoms with van der Waals surface area (Å²) in [5, 5.41) is 14.3. The Bertz CT molecular complexity index is 1360. The number of phenolic OH excluding ortho intramolecular Hbond substituents is 1. The summed E-state index contributed by atoms with van der Waals surface area (Å²) in [7, 11) is 3.07. The fraction of sp³-hybridized carbons (Fsp3) is 0.0741. The van der Waals surface area contributed by atoms with E-state index in [1.54, 1.807) is 37.5 Å². The average Bonchev–Trinajstić information content (AvgIpc) is 3.25. The van der Waals surface area contributed by atoms with Crippen LogP contribution in [0.25, 0.3) is 30.0 Å². The molecule has 4 rings (SSSR count). The Labute approximate surface area is 195 Å². The van der Waals surface area contributed by atoms with E-state index in [1.165, 1.54) is 30.0 Å². The van der Waals surface area contributed by atoms with Crippen molar-refractivity contribution in [2.75, 3.05) is 14.2 Å². The second kappa shape index (κ2) is 10.0. The van der Waals surface area contributed by atoms with Crippen molar-refractivity contribution >= 4 is 24.3 Å². The minimum absolute atomic E-state index is 0.0323. The van der Waals surface area contributed by atoms with E-state index in [-0.39, 0.29) is 11.4 Å². The molecule has 0 aliphatic heterocycles. The van der Waals surface area contributed by atoms with E-state index in [2.05, 4.69) is 5.10 Å². The fourth-order valence-corrected chi connectivity index (χ4v) is 3.39. The van der Waals surface area contributed by atoms with E-state index in [1.807, 2.05) is 36.4 Å². The quantitative estimate of drug-likeness (QED) is 0.356. The number of phenols is 1. The summed E-state index contributed by atoms with van der Waals surface area (Å²) in [5.74, 6) is -0.292. The summed E-state index contributed by atoms with van der Waals surface area (Å²) in [6.07, 6.45) is 7.24. The van der Waals surface area contributed by atoms with Gasteiger partial charge in [-0.15, -0.1) is 0 Å². The number of benzene rings is 3. The Morgan fingerprint density at radius 1 is 0.794 bits per heavy atom. The van der Waals surface area contributed by atoms with Crippen molar-refractivity contribution in [2.45, 2.75) is 0 Å². The molecule has 0 unspecified atom stereocenters. The van der Waals surface area contributed by atoms with E-state index < -0.39 is 11.6 Å². The third kappa shape index (κ3) is 5.32. The number of hydrogen-bond donors (Lipinski definition) is 1. The van der Waals surface area contributed by atoms with Gasteiger partial charge < -0.3 is 14.6 Å². The monoisotopic (exact) mass is 460 g/mol. The maximum Gasteiger partial charge on any atom is 0.161 e. The third-order valence-corrected chi connectivity index (χ3v) is 5.04. The van der Waals surface area contributed by atoms with E-state index >= 15 is 0 Å². The number of aromatic hydroxyl groups is 1. The van der Waals surface area contributed by atoms with Gasteiger partial charge in [0, 0.05) is 6.07 Å². The van der Waals surface area contributed by atoms with Gasteiger partial charge in [-0.05, 0) is 65.7 Å². The molecule has 5 nitrogen and oxygen atoms in total. The highest BCUT2D eigenvalue weighted by Crippen LogP contribution is 2.27. The van der Waals surface area contributed by atoms with Crippen LogP contribution in [-0.4, -0.2) is 29.1 Å². The second-order valence-corrected chi connectivity index (χ2v) is 7.41. The zero-order chi connectivity index (χ0) is 24.1. The highest BCUT2D eigenvalue weighted by molar-refractivity contribution is 5.74. The smallest absolute Gasteiger partial charge is 0.161 e. The maximum absolute atomic E-state index is 13.9. The number of ether oxygens (including phenoxy) is 2. The molecule has 0 spiro atoms. The lowest BCUT2D eigenvalue weighted by molar-refractivity contribution is 0.373. The molecule has 0 amide bonds. The van der Waals surface area contributed by atoms with E-state index in [0.717, 1.165) is 22.9 Å². The van der Waals surface area contributed by atoms with E-state index in [4.69, 9.17) is 9.47 Å². The summed E-state index contributed by atoms with van der Waals surface area (Å²) in [4.78, 5) is 0. The van der Waals surface area contributed by atoms with Crippen molar-refractivity contribution in [1.82, 2.24) is 9.78 Å². The predicted molar refractivity (Wildman–Crippen MR) is 129 cm³/mol. The van der Waals surface area contributed by atoms with Gasteiger partial charge >= 0.3 is 0 Å². The van der Waals surface area contributed by atoms with Crippen LogP contribution in [0.2, 0.25) is 0 Å². The van der Waals surface area contributed by atoms with Crippen molar-refractivity contribution in [2.24, 2.45) is 0 Å². The molecule has 1 N–H and O–H groups in total. The lowest BCUT2D eigenvalue weighted by Gasteiger charge is -2.06. The molecule has 0 saturated heterocycles. The molecule has 0 aliphatic rings. The van der Waals surface area contributed by atoms with Crippen molar-refractivity contribution in [3.05, 3.63) is 101 Å². The zero-order valence-corrected chi connectivity index (χ0v) is 18.6. The van der Waals surface area contributed by atoms with Crippen LogP contribution in [0.1, 0.15) is 22.5 Å². The molecule has 1 heterocycles. The van der Waals surface area contributed by atoms with Crippen LogP contribution in [0.4, 0.5) is 8.78 Å². The Hall–Kier alpha value is -4.39. The second-order valence-electron chi connectivity index (χ2n) is 7.41. The van der Waals surface area contributed by atoms with Crippen LogP contribution in [0.15, 0.2) is 66.7 Å². The predicted octanol–water partition coefficient (Wildman–Crippen LogP) is 6.21. The number of halogens is 2. The Morgan fingerprint density at radius 2 is 1.53 bits per heavy atom. The molecule has 0 atom stereocenters. The summed E-state index contributed by atoms with van der Waals surface area (Å²) >= 11 is 0. The van der Waals surface area contributed by atoms with Gasteiger partial charge in [-0.3, -0.25) is 0 Å². The highest BCUT2D eigenvalue weighted by atomic mass is 19.1. The molecular formula is C27H22F2N2O3. The maximum atomic E-state index is 13.9. The minimum atomic E-state index is -0.697. The fourth-order valence-electron chi connectivity index (χ4n) is 3.39. The van der Waals surface area contributed by atoms with Crippen LogP contribution in [-0.2, 0) is 0 Å². The molecule has 4 aromatic rings. The van der Waals surface area contributed by atoms with Crippen LogP contribution >= 0.6 is 0 Å². The first-order valence-corrected chi connectivity index (χ1v) is 10.4. The summed E-state index contributed by atoms with van der Waals surface area (Å²) < 4.78 is 39.7. The summed E-state index contributed by atoms with van der Waals surface area (Å²) in [6, 6.07) is 17.5. The van der Waals surface area contributed by atoms with Gasteiger partial charge in [0.25, 0.3) is 0 Å². The normalized spacial score (nSPS) is 11.4. The topological polar surface area (TPSA) is 56.5 Å². The van der Waals surface area contributed by atoms with Crippen LogP contribution in [0.5, 0.6) is 17.2 Å². The molecule has 3 aromatic carbocycles. The molecule has 172 valence electrons. The highest BCUT2D eigenvalue weighted by Gasteiger charge is 2.10. The van der Waals surface area contributed by atoms with Crippen LogP contribution < -0.4 is 9.47 Å². The van der Waals surface area contributed by atoms with Crippen LogP contribution in [0, 0.1) is 11.6 Å². The van der Waals surface area contributed by atoms with E-state index in [9.17, 15) is 13.9 Å². The van der Waals surface area contributed by atoms with Crippen LogP contribution in [0.3, 0.4) is 0 Å². The SMILES string of the molecule is COc1cccc(/C=C/c2cc(/C=C/c3ccc(O)c(OC)c3)n(-c3cc(F)cc(F)c3)n2)c1. The molecule has 0 fully saturated rings. The third-order valence-electron chi connectivity index (χ3n) is 5.04. The molecular weight excluding hydrogens is 438 g/mol. The zero-order valence-electron chi connectivity index (χ0n) is 18.6. The van der Waals surface area contributed by atoms with Crippen molar-refractivity contribution in [3.8, 4) is 22.9 Å². The van der Waals surface area contributed by atoms with Crippen molar-refractivity contribution in [1.29, 1.82) is 0 Å². The first kappa shape index (κ1) is 22.8. The number of rotatable bonds is 7. The van der Waals surface area contributed by atoms with Gasteiger partial charge in [0.05, 0.1) is 31.3 Å². The molecule has 0 aliphatic carbocycles. The lowest BCUT2D eigenvalue weighted by Crippen LogP contribution is -2.00. The molecule has 1 aromatic heterocycles. The molecule has 0 radical (unpaired) electrons. The molecule has 0 saturated carbocycles. The van der Waals surface area contributed by atoms with Crippen molar-refractivity contribution in [3.63, 3.8) is 0 Å². The number of nitrogens with zero attached hydrogens (tertiary/aromatic N) is 2.